The van der Waals surface area contributed by atoms with Gasteiger partial charge in [-0.1, -0.05) is 17.7 Å². The highest BCUT2D eigenvalue weighted by molar-refractivity contribution is 9.10. The van der Waals surface area contributed by atoms with E-state index in [1.807, 2.05) is 11.6 Å². The van der Waals surface area contributed by atoms with Gasteiger partial charge >= 0.3 is 5.91 Å². The number of hydrogen-bond acceptors (Lipinski definition) is 5. The number of amides is 1. The van der Waals surface area contributed by atoms with E-state index in [9.17, 15) is 13.2 Å². The number of carbonyl (C=O) groups is 1. The fourth-order valence-electron chi connectivity index (χ4n) is 2.12. The summed E-state index contributed by atoms with van der Waals surface area (Å²) in [7, 11) is -3.95. The van der Waals surface area contributed by atoms with Crippen molar-refractivity contribution < 1.29 is 17.6 Å². The van der Waals surface area contributed by atoms with Gasteiger partial charge in [0.2, 0.25) is 0 Å². The first kappa shape index (κ1) is 17.4. The summed E-state index contributed by atoms with van der Waals surface area (Å²) in [5.41, 5.74) is 0.922. The molecule has 25 heavy (non-hydrogen) atoms. The number of rotatable bonds is 5. The average Bonchev–Trinajstić information content (AvgIpc) is 3.17. The molecular formula is C16H14BrN3O4S. The van der Waals surface area contributed by atoms with Crippen molar-refractivity contribution in [3.8, 4) is 0 Å². The zero-order valence-electron chi connectivity index (χ0n) is 13.1. The number of hydrogen-bond donors (Lipinski definition) is 1. The van der Waals surface area contributed by atoms with E-state index < -0.39 is 15.9 Å². The molecule has 1 aromatic carbocycles. The number of benzene rings is 1. The molecule has 0 saturated carbocycles. The van der Waals surface area contributed by atoms with Crippen LogP contribution >= 0.6 is 15.9 Å². The second kappa shape index (κ2) is 6.85. The Morgan fingerprint density at radius 3 is 2.60 bits per heavy atom. The zero-order chi connectivity index (χ0) is 18.0. The summed E-state index contributed by atoms with van der Waals surface area (Å²) in [5, 5.41) is 4.08. The molecule has 3 aromatic rings. The Morgan fingerprint density at radius 2 is 1.96 bits per heavy atom. The fraction of sp³-hybridized carbons (Fsp3) is 0.125. The number of sulfonamides is 1. The first-order chi connectivity index (χ1) is 11.8. The van der Waals surface area contributed by atoms with Crippen LogP contribution in [0, 0.1) is 6.92 Å². The van der Waals surface area contributed by atoms with Gasteiger partial charge in [-0.05, 0) is 47.1 Å². The van der Waals surface area contributed by atoms with Gasteiger partial charge in [-0.2, -0.15) is 5.10 Å². The van der Waals surface area contributed by atoms with Gasteiger partial charge in [0.25, 0.3) is 10.0 Å². The van der Waals surface area contributed by atoms with Crippen molar-refractivity contribution in [2.75, 3.05) is 0 Å². The Kier molecular flexibility index (Phi) is 4.78. The fourth-order valence-corrected chi connectivity index (χ4v) is 3.40. The largest absolute Gasteiger partial charge is 0.454 e. The highest BCUT2D eigenvalue weighted by Crippen LogP contribution is 2.14. The van der Waals surface area contributed by atoms with E-state index in [1.54, 1.807) is 35.3 Å². The highest BCUT2D eigenvalue weighted by atomic mass is 79.9. The molecule has 3 rings (SSSR count). The number of carbonyl (C=O) groups excluding carboxylic acids is 1. The molecule has 0 aliphatic carbocycles. The molecule has 0 fully saturated rings. The third kappa shape index (κ3) is 4.18. The van der Waals surface area contributed by atoms with E-state index in [2.05, 4.69) is 21.0 Å². The number of furan rings is 1. The molecular weight excluding hydrogens is 410 g/mol. The Labute approximate surface area is 152 Å². The summed E-state index contributed by atoms with van der Waals surface area (Å²) in [6, 6.07) is 9.22. The smallest absolute Gasteiger partial charge is 0.300 e. The Morgan fingerprint density at radius 1 is 1.24 bits per heavy atom. The van der Waals surface area contributed by atoms with Gasteiger partial charge in [-0.15, -0.1) is 0 Å². The monoisotopic (exact) mass is 423 g/mol. The lowest BCUT2D eigenvalue weighted by Crippen LogP contribution is -2.30. The van der Waals surface area contributed by atoms with Crippen molar-refractivity contribution >= 4 is 31.9 Å². The first-order valence-electron chi connectivity index (χ1n) is 7.24. The zero-order valence-corrected chi connectivity index (χ0v) is 15.5. The van der Waals surface area contributed by atoms with E-state index in [4.69, 9.17) is 4.42 Å². The van der Waals surface area contributed by atoms with Crippen LogP contribution in [-0.4, -0.2) is 24.1 Å². The van der Waals surface area contributed by atoms with Gasteiger partial charge < -0.3 is 4.42 Å². The van der Waals surface area contributed by atoms with Crippen molar-refractivity contribution in [1.29, 1.82) is 0 Å². The third-order valence-electron chi connectivity index (χ3n) is 3.36. The molecule has 2 aromatic heterocycles. The van der Waals surface area contributed by atoms with Gasteiger partial charge in [0.1, 0.15) is 5.76 Å². The van der Waals surface area contributed by atoms with Crippen LogP contribution in [0.1, 0.15) is 21.9 Å². The van der Waals surface area contributed by atoms with Gasteiger partial charge in [0.05, 0.1) is 22.1 Å². The number of nitrogens with one attached hydrogen (secondary N) is 1. The molecule has 0 atom stereocenters. The maximum atomic E-state index is 12.2. The van der Waals surface area contributed by atoms with Crippen LogP contribution in [0.2, 0.25) is 0 Å². The summed E-state index contributed by atoms with van der Waals surface area (Å²) < 4.78 is 34.3. The van der Waals surface area contributed by atoms with Crippen LogP contribution in [-0.2, 0) is 16.6 Å². The molecule has 1 N–H and O–H groups in total. The maximum Gasteiger partial charge on any atom is 0.300 e. The summed E-state index contributed by atoms with van der Waals surface area (Å²) in [4.78, 5) is 12.2. The lowest BCUT2D eigenvalue weighted by atomic mass is 10.2. The average molecular weight is 424 g/mol. The van der Waals surface area contributed by atoms with E-state index in [0.717, 1.165) is 10.0 Å². The predicted molar refractivity (Wildman–Crippen MR) is 93.6 cm³/mol. The number of halogens is 1. The van der Waals surface area contributed by atoms with E-state index in [0.29, 0.717) is 12.3 Å². The van der Waals surface area contributed by atoms with E-state index in [1.165, 1.54) is 18.2 Å². The van der Waals surface area contributed by atoms with Crippen LogP contribution in [0.25, 0.3) is 0 Å². The minimum absolute atomic E-state index is 0.0135. The molecule has 0 aliphatic heterocycles. The molecule has 1 amide bonds. The Hall–Kier alpha value is -2.39. The summed E-state index contributed by atoms with van der Waals surface area (Å²) >= 11 is 3.29. The van der Waals surface area contributed by atoms with Crippen LogP contribution in [0.15, 0.2) is 62.6 Å². The van der Waals surface area contributed by atoms with Crippen molar-refractivity contribution in [1.82, 2.24) is 14.5 Å². The van der Waals surface area contributed by atoms with Gasteiger partial charge in [0.15, 0.2) is 5.76 Å². The Balaban J connectivity index is 1.72. The van der Waals surface area contributed by atoms with Crippen molar-refractivity contribution in [2.45, 2.75) is 18.4 Å². The molecule has 130 valence electrons. The lowest BCUT2D eigenvalue weighted by molar-refractivity contribution is 0.0952. The third-order valence-corrected chi connectivity index (χ3v) is 5.12. The second-order valence-electron chi connectivity index (χ2n) is 5.37. The van der Waals surface area contributed by atoms with Crippen LogP contribution in [0.3, 0.4) is 0 Å². The molecule has 0 saturated heterocycles. The molecule has 9 heteroatoms. The van der Waals surface area contributed by atoms with Crippen LogP contribution in [0.4, 0.5) is 0 Å². The van der Waals surface area contributed by atoms with Gasteiger partial charge in [0, 0.05) is 6.20 Å². The molecule has 0 spiro atoms. The summed E-state index contributed by atoms with van der Waals surface area (Å²) in [5.74, 6) is -0.432. The van der Waals surface area contributed by atoms with E-state index >= 15 is 0 Å². The topological polar surface area (TPSA) is 94.2 Å². The number of aryl methyl sites for hydroxylation is 1. The van der Waals surface area contributed by atoms with Gasteiger partial charge in [-0.3, -0.25) is 9.48 Å². The highest BCUT2D eigenvalue weighted by Gasteiger charge is 2.21. The van der Waals surface area contributed by atoms with Crippen molar-refractivity contribution in [3.63, 3.8) is 0 Å². The normalized spacial score (nSPS) is 11.4. The molecule has 0 unspecified atom stereocenters. The molecule has 7 nitrogen and oxygen atoms in total. The number of aromatic nitrogens is 2. The predicted octanol–water partition coefficient (Wildman–Crippen LogP) is 2.71. The number of nitrogens with zero attached hydrogens (tertiary/aromatic N) is 2. The minimum atomic E-state index is -3.95. The molecule has 0 bridgehead atoms. The first-order valence-corrected chi connectivity index (χ1v) is 9.51. The van der Waals surface area contributed by atoms with Crippen molar-refractivity contribution in [2.24, 2.45) is 0 Å². The van der Waals surface area contributed by atoms with Crippen LogP contribution < -0.4 is 4.72 Å². The lowest BCUT2D eigenvalue weighted by Gasteiger charge is -2.05. The quantitative estimate of drug-likeness (QED) is 0.680. The summed E-state index contributed by atoms with van der Waals surface area (Å²) in [6.07, 6.45) is 3.38. The molecule has 0 aliphatic rings. The standard InChI is InChI=1S/C16H14BrN3O4S/c1-11-2-5-14(6-3-11)25(22,23)19-16(21)15-7-4-13(24-15)10-20-9-12(17)8-18-20/h2-9H,10H2,1H3,(H,19,21). The molecule has 2 heterocycles. The second-order valence-corrected chi connectivity index (χ2v) is 7.97. The molecule has 0 radical (unpaired) electrons. The van der Waals surface area contributed by atoms with Crippen molar-refractivity contribution in [3.05, 3.63) is 70.3 Å². The SMILES string of the molecule is Cc1ccc(S(=O)(=O)NC(=O)c2ccc(Cn3cc(Br)cn3)o2)cc1. The Bertz CT molecular complexity index is 1010. The minimum Gasteiger partial charge on any atom is -0.454 e. The summed E-state index contributed by atoms with van der Waals surface area (Å²) in [6.45, 7) is 2.17. The van der Waals surface area contributed by atoms with Gasteiger partial charge in [-0.25, -0.2) is 13.1 Å². The maximum absolute atomic E-state index is 12.2. The van der Waals surface area contributed by atoms with Crippen LogP contribution in [0.5, 0.6) is 0 Å². The van der Waals surface area contributed by atoms with E-state index in [-0.39, 0.29) is 10.7 Å².